The number of aliphatic hydroxyl groups is 2. The number of aromatic nitrogens is 2. The molecular formula is C8H12ClN3O3. The van der Waals surface area contributed by atoms with E-state index in [9.17, 15) is 0 Å². The summed E-state index contributed by atoms with van der Waals surface area (Å²) < 4.78 is 4.81. The van der Waals surface area contributed by atoms with Crippen molar-refractivity contribution in [2.75, 3.05) is 25.6 Å². The van der Waals surface area contributed by atoms with E-state index in [1.807, 2.05) is 0 Å². The molecule has 0 bridgehead atoms. The summed E-state index contributed by atoms with van der Waals surface area (Å²) in [5.41, 5.74) is 0. The summed E-state index contributed by atoms with van der Waals surface area (Å²) in [5, 5.41) is 20.8. The molecule has 0 radical (unpaired) electrons. The lowest BCUT2D eigenvalue weighted by Crippen LogP contribution is -2.28. The predicted molar refractivity (Wildman–Crippen MR) is 55.2 cm³/mol. The number of rotatable bonds is 5. The fraction of sp³-hybridized carbons (Fsp3) is 0.500. The van der Waals surface area contributed by atoms with E-state index in [1.54, 1.807) is 0 Å². The van der Waals surface area contributed by atoms with Gasteiger partial charge in [-0.2, -0.15) is 4.98 Å². The molecule has 1 aromatic heterocycles. The molecule has 1 rings (SSSR count). The number of halogens is 1. The molecule has 3 N–H and O–H groups in total. The minimum absolute atomic E-state index is 0.163. The summed E-state index contributed by atoms with van der Waals surface area (Å²) in [4.78, 5) is 7.71. The molecule has 0 spiro atoms. The molecule has 1 heterocycles. The smallest absolute Gasteiger partial charge is 0.318 e. The van der Waals surface area contributed by atoms with Crippen LogP contribution in [0, 0.1) is 0 Å². The number of methoxy groups -OCH3 is 1. The van der Waals surface area contributed by atoms with Crippen molar-refractivity contribution in [2.45, 2.75) is 6.04 Å². The Bertz CT molecular complexity index is 320. The largest absolute Gasteiger partial charge is 0.467 e. The number of hydrogen-bond donors (Lipinski definition) is 3. The first-order valence-electron chi connectivity index (χ1n) is 4.26. The van der Waals surface area contributed by atoms with Gasteiger partial charge in [0.05, 0.1) is 32.6 Å². The Kier molecular flexibility index (Phi) is 4.54. The number of anilines is 1. The maximum atomic E-state index is 8.86. The van der Waals surface area contributed by atoms with Gasteiger partial charge in [0, 0.05) is 0 Å². The molecule has 84 valence electrons. The molecule has 7 heteroatoms. The molecule has 0 unspecified atom stereocenters. The highest BCUT2D eigenvalue weighted by Gasteiger charge is 2.10. The fourth-order valence-corrected chi connectivity index (χ4v) is 1.04. The first kappa shape index (κ1) is 12.0. The van der Waals surface area contributed by atoms with Crippen molar-refractivity contribution < 1.29 is 14.9 Å². The van der Waals surface area contributed by atoms with E-state index in [-0.39, 0.29) is 19.2 Å². The van der Waals surface area contributed by atoms with Gasteiger partial charge in [-0.05, 0) is 0 Å². The number of hydrogen-bond acceptors (Lipinski definition) is 6. The number of nitrogens with zero attached hydrogens (tertiary/aromatic N) is 2. The molecule has 1 aromatic rings. The van der Waals surface area contributed by atoms with Gasteiger partial charge in [0.2, 0.25) is 0 Å². The van der Waals surface area contributed by atoms with Gasteiger partial charge < -0.3 is 20.3 Å². The molecule has 0 aliphatic rings. The normalized spacial score (nSPS) is 10.5. The maximum absolute atomic E-state index is 8.86. The van der Waals surface area contributed by atoms with Crippen molar-refractivity contribution >= 4 is 17.4 Å². The van der Waals surface area contributed by atoms with Crippen molar-refractivity contribution in [2.24, 2.45) is 0 Å². The van der Waals surface area contributed by atoms with Gasteiger partial charge >= 0.3 is 6.01 Å². The molecule has 6 nitrogen and oxygen atoms in total. The second kappa shape index (κ2) is 5.69. The Labute approximate surface area is 91.9 Å². The topological polar surface area (TPSA) is 87.5 Å². The third kappa shape index (κ3) is 3.19. The zero-order chi connectivity index (χ0) is 11.3. The molecule has 0 atom stereocenters. The van der Waals surface area contributed by atoms with Crippen LogP contribution in [0.1, 0.15) is 0 Å². The molecule has 0 amide bonds. The number of ether oxygens (including phenoxy) is 1. The monoisotopic (exact) mass is 233 g/mol. The van der Waals surface area contributed by atoms with Crippen molar-refractivity contribution in [1.82, 2.24) is 9.97 Å². The van der Waals surface area contributed by atoms with Crippen LogP contribution < -0.4 is 10.1 Å². The first-order valence-corrected chi connectivity index (χ1v) is 4.63. The zero-order valence-corrected chi connectivity index (χ0v) is 8.90. The van der Waals surface area contributed by atoms with Gasteiger partial charge in [0.15, 0.2) is 5.82 Å². The lowest BCUT2D eigenvalue weighted by molar-refractivity contribution is 0.203. The van der Waals surface area contributed by atoms with E-state index in [4.69, 9.17) is 26.6 Å². The van der Waals surface area contributed by atoms with Crippen LogP contribution >= 0.6 is 11.6 Å². The Morgan fingerprint density at radius 1 is 1.53 bits per heavy atom. The lowest BCUT2D eigenvalue weighted by Gasteiger charge is -2.14. The Morgan fingerprint density at radius 3 is 2.73 bits per heavy atom. The average Bonchev–Trinajstić information content (AvgIpc) is 2.28. The van der Waals surface area contributed by atoms with Gasteiger partial charge in [-0.3, -0.25) is 0 Å². The highest BCUT2D eigenvalue weighted by atomic mass is 35.5. The van der Waals surface area contributed by atoms with Crippen LogP contribution in [0.3, 0.4) is 0 Å². The quantitative estimate of drug-likeness (QED) is 0.659. The third-order valence-electron chi connectivity index (χ3n) is 1.69. The molecule has 0 aliphatic heterocycles. The molecule has 15 heavy (non-hydrogen) atoms. The molecule has 0 saturated carbocycles. The van der Waals surface area contributed by atoms with Gasteiger partial charge in [-0.15, -0.1) is 0 Å². The van der Waals surface area contributed by atoms with E-state index in [0.29, 0.717) is 10.8 Å². The maximum Gasteiger partial charge on any atom is 0.318 e. The minimum Gasteiger partial charge on any atom is -0.467 e. The van der Waals surface area contributed by atoms with E-state index < -0.39 is 6.04 Å². The van der Waals surface area contributed by atoms with Crippen molar-refractivity contribution in [3.05, 3.63) is 11.2 Å². The number of nitrogens with one attached hydrogen (secondary N) is 1. The van der Waals surface area contributed by atoms with Crippen LogP contribution in [-0.2, 0) is 0 Å². The van der Waals surface area contributed by atoms with Gasteiger partial charge in [-0.1, -0.05) is 11.6 Å². The summed E-state index contributed by atoms with van der Waals surface area (Å²) in [6.07, 6.45) is 1.38. The van der Waals surface area contributed by atoms with E-state index in [0.717, 1.165) is 0 Å². The van der Waals surface area contributed by atoms with Gasteiger partial charge in [0.25, 0.3) is 0 Å². The van der Waals surface area contributed by atoms with Crippen molar-refractivity contribution in [1.29, 1.82) is 0 Å². The van der Waals surface area contributed by atoms with Crippen LogP contribution in [0.25, 0.3) is 0 Å². The molecule has 0 fully saturated rings. The average molecular weight is 234 g/mol. The van der Waals surface area contributed by atoms with Gasteiger partial charge in [0.1, 0.15) is 5.02 Å². The van der Waals surface area contributed by atoms with Crippen LogP contribution in [-0.4, -0.2) is 46.5 Å². The van der Waals surface area contributed by atoms with Crippen LogP contribution in [0.5, 0.6) is 6.01 Å². The van der Waals surface area contributed by atoms with Gasteiger partial charge in [-0.25, -0.2) is 4.98 Å². The second-order valence-corrected chi connectivity index (χ2v) is 3.17. The van der Waals surface area contributed by atoms with E-state index in [2.05, 4.69) is 15.3 Å². The van der Waals surface area contributed by atoms with E-state index >= 15 is 0 Å². The van der Waals surface area contributed by atoms with E-state index in [1.165, 1.54) is 13.3 Å². The molecule has 0 aliphatic carbocycles. The van der Waals surface area contributed by atoms with Crippen LogP contribution in [0.4, 0.5) is 5.82 Å². The fourth-order valence-electron chi connectivity index (χ4n) is 0.893. The first-order chi connectivity index (χ1) is 7.21. The summed E-state index contributed by atoms with van der Waals surface area (Å²) in [6, 6.07) is -0.348. The minimum atomic E-state index is -0.512. The predicted octanol–water partition coefficient (Wildman–Crippen LogP) is -0.0963. The van der Waals surface area contributed by atoms with Crippen LogP contribution in [0.15, 0.2) is 6.20 Å². The zero-order valence-electron chi connectivity index (χ0n) is 8.14. The summed E-state index contributed by atoms with van der Waals surface area (Å²) >= 11 is 5.80. The third-order valence-corrected chi connectivity index (χ3v) is 1.96. The lowest BCUT2D eigenvalue weighted by atomic mass is 10.3. The standard InChI is InChI=1S/C8H12ClN3O3/c1-15-8-10-2-6(9)7(12-8)11-5(3-13)4-14/h2,5,13-14H,3-4H2,1H3,(H,10,11,12). The number of aliphatic hydroxyl groups excluding tert-OH is 2. The summed E-state index contributed by atoms with van der Waals surface area (Å²) in [5.74, 6) is 0.316. The Balaban J connectivity index is 2.82. The Hall–Kier alpha value is -1.11. The molecule has 0 saturated heterocycles. The summed E-state index contributed by atoms with van der Waals surface area (Å²) in [7, 11) is 1.43. The summed E-state index contributed by atoms with van der Waals surface area (Å²) in [6.45, 7) is -0.446. The Morgan fingerprint density at radius 2 is 2.20 bits per heavy atom. The molecule has 0 aromatic carbocycles. The van der Waals surface area contributed by atoms with Crippen molar-refractivity contribution in [3.8, 4) is 6.01 Å². The highest BCUT2D eigenvalue weighted by Crippen LogP contribution is 2.20. The second-order valence-electron chi connectivity index (χ2n) is 2.76. The highest BCUT2D eigenvalue weighted by molar-refractivity contribution is 6.32. The molecular weight excluding hydrogens is 222 g/mol. The van der Waals surface area contributed by atoms with Crippen molar-refractivity contribution in [3.63, 3.8) is 0 Å². The van der Waals surface area contributed by atoms with Crippen LogP contribution in [0.2, 0.25) is 5.02 Å². The SMILES string of the molecule is COc1ncc(Cl)c(NC(CO)CO)n1.